The van der Waals surface area contributed by atoms with Crippen LogP contribution >= 0.6 is 0 Å². The molecular formula is C8H8F3N2-. The molecule has 0 radical (unpaired) electrons. The fourth-order valence-corrected chi connectivity index (χ4v) is 0.868. The van der Waals surface area contributed by atoms with E-state index in [2.05, 4.69) is 10.3 Å². The van der Waals surface area contributed by atoms with E-state index in [4.69, 9.17) is 0 Å². The van der Waals surface area contributed by atoms with Crippen LogP contribution in [-0.2, 0) is 12.7 Å². The molecule has 0 aromatic carbocycles. The van der Waals surface area contributed by atoms with Gasteiger partial charge in [0, 0.05) is 6.20 Å². The van der Waals surface area contributed by atoms with E-state index in [1.807, 2.05) is 0 Å². The average molecular weight is 189 g/mol. The van der Waals surface area contributed by atoms with Gasteiger partial charge in [0.2, 0.25) is 0 Å². The molecule has 1 aromatic heterocycles. The van der Waals surface area contributed by atoms with E-state index in [1.165, 1.54) is 12.3 Å². The van der Waals surface area contributed by atoms with Gasteiger partial charge in [-0.3, -0.25) is 4.98 Å². The van der Waals surface area contributed by atoms with Crippen molar-refractivity contribution in [2.24, 2.45) is 0 Å². The van der Waals surface area contributed by atoms with Crippen molar-refractivity contribution >= 4 is 0 Å². The molecule has 1 rings (SSSR count). The second kappa shape index (κ2) is 3.74. The summed E-state index contributed by atoms with van der Waals surface area (Å²) in [6.45, 7) is 0.394. The molecule has 72 valence electrons. The van der Waals surface area contributed by atoms with Crippen molar-refractivity contribution in [3.05, 3.63) is 34.9 Å². The number of hydrogen-bond acceptors (Lipinski definition) is 1. The standard InChI is InChI=1S/C8H8F3N2/c1-12-4-6-2-3-7(13-5-6)8(9,10)11/h2-3,5H,4H2,1H3/q-1. The summed E-state index contributed by atoms with van der Waals surface area (Å²) < 4.78 is 36.1. The largest absolute Gasteiger partial charge is 0.661 e. The maximum absolute atomic E-state index is 12.0. The first kappa shape index (κ1) is 9.98. The smallest absolute Gasteiger partial charge is 0.433 e. The van der Waals surface area contributed by atoms with Crippen LogP contribution in [0.5, 0.6) is 0 Å². The number of pyridine rings is 1. The van der Waals surface area contributed by atoms with Crippen molar-refractivity contribution in [3.63, 3.8) is 0 Å². The summed E-state index contributed by atoms with van der Waals surface area (Å²) in [5, 5.41) is 3.78. The SMILES string of the molecule is C[N-]Cc1ccc(C(F)(F)F)nc1. The number of alkyl halides is 3. The van der Waals surface area contributed by atoms with Crippen LogP contribution in [0.15, 0.2) is 18.3 Å². The van der Waals surface area contributed by atoms with Gasteiger partial charge < -0.3 is 5.32 Å². The van der Waals surface area contributed by atoms with Gasteiger partial charge in [-0.1, -0.05) is 11.6 Å². The predicted molar refractivity (Wildman–Crippen MR) is 42.2 cm³/mol. The number of hydrogen-bond donors (Lipinski definition) is 0. The molecule has 0 unspecified atom stereocenters. The van der Waals surface area contributed by atoms with Crippen LogP contribution in [0.3, 0.4) is 0 Å². The third-order valence-electron chi connectivity index (χ3n) is 1.46. The molecule has 0 bridgehead atoms. The highest BCUT2D eigenvalue weighted by Gasteiger charge is 2.31. The number of halogens is 3. The van der Waals surface area contributed by atoms with Gasteiger partial charge in [0.25, 0.3) is 0 Å². The molecule has 0 saturated carbocycles. The Morgan fingerprint density at radius 1 is 1.38 bits per heavy atom. The molecule has 13 heavy (non-hydrogen) atoms. The second-order valence-electron chi connectivity index (χ2n) is 2.52. The van der Waals surface area contributed by atoms with Crippen LogP contribution in [-0.4, -0.2) is 12.0 Å². The van der Waals surface area contributed by atoms with Crippen LogP contribution in [0.25, 0.3) is 5.32 Å². The lowest BCUT2D eigenvalue weighted by Gasteiger charge is -2.11. The fraction of sp³-hybridized carbons (Fsp3) is 0.375. The summed E-state index contributed by atoms with van der Waals surface area (Å²) in [4.78, 5) is 3.28. The maximum Gasteiger partial charge on any atom is 0.433 e. The molecule has 0 aliphatic carbocycles. The van der Waals surface area contributed by atoms with Crippen molar-refractivity contribution in [2.45, 2.75) is 12.7 Å². The Morgan fingerprint density at radius 3 is 2.46 bits per heavy atom. The molecule has 0 amide bonds. The minimum absolute atomic E-state index is 0.394. The molecule has 5 heteroatoms. The first-order valence-electron chi connectivity index (χ1n) is 3.62. The van der Waals surface area contributed by atoms with Crippen molar-refractivity contribution in [3.8, 4) is 0 Å². The van der Waals surface area contributed by atoms with Gasteiger partial charge in [-0.05, 0) is 6.07 Å². The predicted octanol–water partition coefficient (Wildman–Crippen LogP) is 2.60. The zero-order chi connectivity index (χ0) is 9.90. The molecule has 1 heterocycles. The van der Waals surface area contributed by atoms with Crippen LogP contribution in [0.1, 0.15) is 11.3 Å². The summed E-state index contributed by atoms with van der Waals surface area (Å²) in [5.41, 5.74) is -0.192. The summed E-state index contributed by atoms with van der Waals surface area (Å²) in [5.74, 6) is 0. The molecule has 1 aromatic rings. The number of rotatable bonds is 2. The lowest BCUT2D eigenvalue weighted by atomic mass is 10.2. The first-order chi connectivity index (χ1) is 6.04. The van der Waals surface area contributed by atoms with E-state index in [0.29, 0.717) is 12.1 Å². The molecule has 0 fully saturated rings. The minimum atomic E-state index is -4.36. The van der Waals surface area contributed by atoms with E-state index in [9.17, 15) is 13.2 Å². The molecule has 0 aliphatic rings. The van der Waals surface area contributed by atoms with Gasteiger partial charge in [0.1, 0.15) is 5.69 Å². The van der Waals surface area contributed by atoms with Crippen molar-refractivity contribution < 1.29 is 13.2 Å². The Balaban J connectivity index is 2.81. The molecular weight excluding hydrogens is 181 g/mol. The Kier molecular flexibility index (Phi) is 2.87. The molecule has 0 aliphatic heterocycles. The summed E-state index contributed by atoms with van der Waals surface area (Å²) >= 11 is 0. The van der Waals surface area contributed by atoms with Gasteiger partial charge >= 0.3 is 6.18 Å². The van der Waals surface area contributed by atoms with Gasteiger partial charge in [-0.15, -0.1) is 6.54 Å². The van der Waals surface area contributed by atoms with E-state index in [0.717, 1.165) is 6.07 Å². The summed E-state index contributed by atoms with van der Waals surface area (Å²) in [7, 11) is 1.59. The van der Waals surface area contributed by atoms with Crippen LogP contribution in [0, 0.1) is 0 Å². The Labute approximate surface area is 73.8 Å². The monoisotopic (exact) mass is 189 g/mol. The van der Waals surface area contributed by atoms with Gasteiger partial charge in [0.05, 0.1) is 0 Å². The van der Waals surface area contributed by atoms with Crippen LogP contribution < -0.4 is 0 Å². The van der Waals surface area contributed by atoms with Crippen molar-refractivity contribution in [1.29, 1.82) is 0 Å². The van der Waals surface area contributed by atoms with Crippen molar-refractivity contribution in [2.75, 3.05) is 7.05 Å². The highest BCUT2D eigenvalue weighted by atomic mass is 19.4. The topological polar surface area (TPSA) is 27.0 Å². The molecule has 0 saturated heterocycles. The van der Waals surface area contributed by atoms with Gasteiger partial charge in [-0.25, -0.2) is 0 Å². The van der Waals surface area contributed by atoms with Gasteiger partial charge in [0.15, 0.2) is 0 Å². The first-order valence-corrected chi connectivity index (χ1v) is 3.62. The Hall–Kier alpha value is -1.10. The van der Waals surface area contributed by atoms with Crippen molar-refractivity contribution in [1.82, 2.24) is 4.98 Å². The maximum atomic E-state index is 12.0. The highest BCUT2D eigenvalue weighted by molar-refractivity contribution is 5.17. The third-order valence-corrected chi connectivity index (χ3v) is 1.46. The summed E-state index contributed by atoms with van der Waals surface area (Å²) in [6.07, 6.45) is -3.17. The third kappa shape index (κ3) is 2.69. The van der Waals surface area contributed by atoms with Gasteiger partial charge in [-0.2, -0.15) is 20.2 Å². The van der Waals surface area contributed by atoms with E-state index >= 15 is 0 Å². The lowest BCUT2D eigenvalue weighted by Crippen LogP contribution is -2.07. The quantitative estimate of drug-likeness (QED) is 0.702. The highest BCUT2D eigenvalue weighted by Crippen LogP contribution is 2.27. The minimum Gasteiger partial charge on any atom is -0.661 e. The number of aromatic nitrogens is 1. The molecule has 0 spiro atoms. The van der Waals surface area contributed by atoms with Crippen LogP contribution in [0.2, 0.25) is 0 Å². The normalized spacial score (nSPS) is 11.7. The molecule has 0 atom stereocenters. The fourth-order valence-electron chi connectivity index (χ4n) is 0.868. The van der Waals surface area contributed by atoms with Crippen LogP contribution in [0.4, 0.5) is 13.2 Å². The second-order valence-corrected chi connectivity index (χ2v) is 2.52. The Bertz CT molecular complexity index is 266. The lowest BCUT2D eigenvalue weighted by molar-refractivity contribution is -0.141. The zero-order valence-corrected chi connectivity index (χ0v) is 6.97. The Morgan fingerprint density at radius 2 is 2.08 bits per heavy atom. The molecule has 2 nitrogen and oxygen atoms in total. The summed E-state index contributed by atoms with van der Waals surface area (Å²) in [6, 6.07) is 2.34. The van der Waals surface area contributed by atoms with E-state index in [-0.39, 0.29) is 0 Å². The zero-order valence-electron chi connectivity index (χ0n) is 6.97. The van der Waals surface area contributed by atoms with E-state index in [1.54, 1.807) is 7.05 Å². The average Bonchev–Trinajstić information content (AvgIpc) is 2.04. The van der Waals surface area contributed by atoms with E-state index < -0.39 is 11.9 Å². The number of nitrogens with zero attached hydrogens (tertiary/aromatic N) is 2. The molecule has 0 N–H and O–H groups in total.